The molecule has 2 N–H and O–H groups in total. The molecule has 1 aromatic rings. The van der Waals surface area contributed by atoms with Gasteiger partial charge in [0.05, 0.1) is 5.02 Å². The molecule has 1 saturated carbocycles. The first-order valence-corrected chi connectivity index (χ1v) is 9.68. The number of amides is 4. The summed E-state index contributed by atoms with van der Waals surface area (Å²) in [6.07, 6.45) is 5.88. The first-order chi connectivity index (χ1) is 13.0. The normalized spacial score (nSPS) is 20.7. The standard InChI is InChI=1S/C16H17ClFN3O3.C3H6/c17-11-2-1-9-5-7-21(8-6-10(9)14(11)18)13(22)4-3-12-15(23)20-16(24)19-12;1-2-3-1/h1-2,12H,3-8H2,(H2,19,20,23,24);1-3H2. The average Bonchev–Trinajstić information content (AvgIpc) is 3.48. The summed E-state index contributed by atoms with van der Waals surface area (Å²) in [5.41, 5.74) is 1.44. The Bertz CT molecular complexity index is 751. The minimum atomic E-state index is -0.665. The maximum Gasteiger partial charge on any atom is 0.322 e. The summed E-state index contributed by atoms with van der Waals surface area (Å²) in [7, 11) is 0. The van der Waals surface area contributed by atoms with Crippen LogP contribution in [0.15, 0.2) is 12.1 Å². The van der Waals surface area contributed by atoms with Crippen LogP contribution < -0.4 is 10.6 Å². The second-order valence-electron chi connectivity index (χ2n) is 6.99. The Kier molecular flexibility index (Phi) is 6.31. The van der Waals surface area contributed by atoms with E-state index in [1.54, 1.807) is 11.0 Å². The molecule has 2 heterocycles. The van der Waals surface area contributed by atoms with Gasteiger partial charge in [0.25, 0.3) is 5.91 Å². The number of imide groups is 1. The second-order valence-corrected chi connectivity index (χ2v) is 7.40. The Morgan fingerprint density at radius 3 is 2.52 bits per heavy atom. The molecule has 1 saturated heterocycles. The largest absolute Gasteiger partial charge is 0.342 e. The van der Waals surface area contributed by atoms with Gasteiger partial charge in [0.1, 0.15) is 11.9 Å². The molecule has 1 aromatic carbocycles. The lowest BCUT2D eigenvalue weighted by molar-refractivity contribution is -0.131. The van der Waals surface area contributed by atoms with Crippen LogP contribution in [0.25, 0.3) is 0 Å². The van der Waals surface area contributed by atoms with E-state index in [1.807, 2.05) is 0 Å². The zero-order chi connectivity index (χ0) is 19.4. The van der Waals surface area contributed by atoms with Gasteiger partial charge >= 0.3 is 6.03 Å². The van der Waals surface area contributed by atoms with Crippen molar-refractivity contribution in [2.24, 2.45) is 0 Å². The molecular weight excluding hydrogens is 373 g/mol. The number of nitrogens with zero attached hydrogens (tertiary/aromatic N) is 1. The Morgan fingerprint density at radius 1 is 1.19 bits per heavy atom. The fourth-order valence-corrected chi connectivity index (χ4v) is 3.27. The summed E-state index contributed by atoms with van der Waals surface area (Å²) in [5, 5.41) is 4.70. The topological polar surface area (TPSA) is 78.5 Å². The van der Waals surface area contributed by atoms with E-state index in [4.69, 9.17) is 11.6 Å². The van der Waals surface area contributed by atoms with Gasteiger partial charge in [-0.1, -0.05) is 36.9 Å². The van der Waals surface area contributed by atoms with Crippen LogP contribution in [-0.2, 0) is 22.4 Å². The number of rotatable bonds is 3. The molecule has 8 heteroatoms. The van der Waals surface area contributed by atoms with Crippen molar-refractivity contribution in [2.75, 3.05) is 13.1 Å². The Labute approximate surface area is 162 Å². The zero-order valence-electron chi connectivity index (χ0n) is 15.0. The van der Waals surface area contributed by atoms with Crippen molar-refractivity contribution >= 4 is 29.4 Å². The van der Waals surface area contributed by atoms with Gasteiger partial charge in [0.15, 0.2) is 0 Å². The number of nitrogens with one attached hydrogen (secondary N) is 2. The van der Waals surface area contributed by atoms with Crippen molar-refractivity contribution in [3.8, 4) is 0 Å². The van der Waals surface area contributed by atoms with E-state index in [9.17, 15) is 18.8 Å². The highest BCUT2D eigenvalue weighted by Crippen LogP contribution is 2.25. The van der Waals surface area contributed by atoms with Crippen molar-refractivity contribution < 1.29 is 18.8 Å². The van der Waals surface area contributed by atoms with Crippen LogP contribution in [-0.4, -0.2) is 41.9 Å². The highest BCUT2D eigenvalue weighted by molar-refractivity contribution is 6.30. The Hall–Kier alpha value is -2.15. The first kappa shape index (κ1) is 19.6. The van der Waals surface area contributed by atoms with E-state index >= 15 is 0 Å². The summed E-state index contributed by atoms with van der Waals surface area (Å²) < 4.78 is 14.1. The Morgan fingerprint density at radius 2 is 1.89 bits per heavy atom. The average molecular weight is 396 g/mol. The van der Waals surface area contributed by atoms with Crippen molar-refractivity contribution in [2.45, 2.75) is 51.0 Å². The van der Waals surface area contributed by atoms with E-state index in [2.05, 4.69) is 10.6 Å². The molecule has 146 valence electrons. The van der Waals surface area contributed by atoms with Crippen molar-refractivity contribution in [3.05, 3.63) is 34.1 Å². The van der Waals surface area contributed by atoms with Crippen LogP contribution in [0, 0.1) is 5.82 Å². The molecule has 3 aliphatic rings. The van der Waals surface area contributed by atoms with Crippen molar-refractivity contribution in [3.63, 3.8) is 0 Å². The van der Waals surface area contributed by atoms with Gasteiger partial charge in [-0.05, 0) is 36.5 Å². The zero-order valence-corrected chi connectivity index (χ0v) is 15.8. The number of halogens is 2. The van der Waals surface area contributed by atoms with Crippen molar-refractivity contribution in [1.29, 1.82) is 0 Å². The molecule has 0 spiro atoms. The SMILES string of the molecule is C1CC1.O=C1NC(=O)C(CCC(=O)N2CCc3ccc(Cl)c(F)c3CC2)N1. The monoisotopic (exact) mass is 395 g/mol. The van der Waals surface area contributed by atoms with E-state index in [0.29, 0.717) is 31.5 Å². The Balaban J connectivity index is 0.000000637. The molecular formula is C19H23ClFN3O3. The molecule has 1 atom stereocenters. The quantitative estimate of drug-likeness (QED) is 0.772. The number of fused-ring (bicyclic) bond motifs is 1. The van der Waals surface area contributed by atoms with Crippen LogP contribution >= 0.6 is 11.6 Å². The summed E-state index contributed by atoms with van der Waals surface area (Å²) in [6, 6.07) is 2.14. The van der Waals surface area contributed by atoms with Crippen LogP contribution in [0.5, 0.6) is 0 Å². The van der Waals surface area contributed by atoms with Gasteiger partial charge in [-0.3, -0.25) is 14.9 Å². The molecule has 0 radical (unpaired) electrons. The third-order valence-electron chi connectivity index (χ3n) is 4.79. The van der Waals surface area contributed by atoms with Crippen LogP contribution in [0.2, 0.25) is 5.02 Å². The number of hydrogen-bond acceptors (Lipinski definition) is 3. The third kappa shape index (κ3) is 5.19. The number of urea groups is 1. The summed E-state index contributed by atoms with van der Waals surface area (Å²) in [5.74, 6) is -0.926. The van der Waals surface area contributed by atoms with Crippen LogP contribution in [0.4, 0.5) is 9.18 Å². The summed E-state index contributed by atoms with van der Waals surface area (Å²) in [4.78, 5) is 36.6. The van der Waals surface area contributed by atoms with Crippen molar-refractivity contribution in [1.82, 2.24) is 15.5 Å². The fraction of sp³-hybridized carbons (Fsp3) is 0.526. The van der Waals surface area contributed by atoms with Gasteiger partial charge in [-0.2, -0.15) is 0 Å². The van der Waals surface area contributed by atoms with Gasteiger partial charge < -0.3 is 10.2 Å². The summed E-state index contributed by atoms with van der Waals surface area (Å²) >= 11 is 5.82. The molecule has 2 fully saturated rings. The number of carbonyl (C=O) groups excluding carboxylic acids is 3. The minimum absolute atomic E-state index is 0.0940. The highest BCUT2D eigenvalue weighted by Gasteiger charge is 2.30. The van der Waals surface area contributed by atoms with Crippen LogP contribution in [0.1, 0.15) is 43.2 Å². The molecule has 6 nitrogen and oxygen atoms in total. The minimum Gasteiger partial charge on any atom is -0.342 e. The molecule has 0 aromatic heterocycles. The first-order valence-electron chi connectivity index (χ1n) is 9.30. The maximum absolute atomic E-state index is 14.1. The van der Waals surface area contributed by atoms with E-state index in [1.165, 1.54) is 25.3 Å². The van der Waals surface area contributed by atoms with Gasteiger partial charge in [0.2, 0.25) is 5.91 Å². The number of hydrogen-bond donors (Lipinski definition) is 2. The summed E-state index contributed by atoms with van der Waals surface area (Å²) in [6.45, 7) is 0.905. The molecule has 4 rings (SSSR count). The second kappa shape index (κ2) is 8.69. The van der Waals surface area contributed by atoms with Gasteiger partial charge in [0, 0.05) is 19.5 Å². The molecule has 4 amide bonds. The smallest absolute Gasteiger partial charge is 0.322 e. The van der Waals surface area contributed by atoms with E-state index in [-0.39, 0.29) is 23.8 Å². The predicted octanol–water partition coefficient (Wildman–Crippen LogP) is 2.56. The maximum atomic E-state index is 14.1. The predicted molar refractivity (Wildman–Crippen MR) is 98.9 cm³/mol. The number of carbonyl (C=O) groups is 3. The molecule has 1 unspecified atom stereocenters. The highest BCUT2D eigenvalue weighted by atomic mass is 35.5. The van der Waals surface area contributed by atoms with Crippen LogP contribution in [0.3, 0.4) is 0 Å². The molecule has 2 aliphatic heterocycles. The fourth-order valence-electron chi connectivity index (χ4n) is 3.09. The molecule has 1 aliphatic carbocycles. The van der Waals surface area contributed by atoms with E-state index in [0.717, 1.165) is 5.56 Å². The number of benzene rings is 1. The lowest BCUT2D eigenvalue weighted by Crippen LogP contribution is -2.36. The van der Waals surface area contributed by atoms with Gasteiger partial charge in [-0.15, -0.1) is 0 Å². The molecule has 0 bridgehead atoms. The lowest BCUT2D eigenvalue weighted by atomic mass is 10.0. The third-order valence-corrected chi connectivity index (χ3v) is 5.08. The lowest BCUT2D eigenvalue weighted by Gasteiger charge is -2.20. The van der Waals surface area contributed by atoms with Gasteiger partial charge in [-0.25, -0.2) is 9.18 Å². The van der Waals surface area contributed by atoms with E-state index < -0.39 is 23.8 Å². The molecule has 27 heavy (non-hydrogen) atoms.